The zero-order valence-corrected chi connectivity index (χ0v) is 14.3. The Kier molecular flexibility index (Phi) is 5.38. The highest BCUT2D eigenvalue weighted by Gasteiger charge is 2.15. The summed E-state index contributed by atoms with van der Waals surface area (Å²) in [5.74, 6) is 0.246. The number of hydroxylamine groups is 1. The number of nitrogens with two attached hydrogens (primary N) is 1. The Hall–Kier alpha value is -3.79. The fourth-order valence-corrected chi connectivity index (χ4v) is 2.18. The average Bonchev–Trinajstić information content (AvgIpc) is 3.09. The molecule has 138 valence electrons. The van der Waals surface area contributed by atoms with Crippen molar-refractivity contribution in [1.82, 2.24) is 15.8 Å². The lowest BCUT2D eigenvalue weighted by molar-refractivity contribution is -0.385. The third-order valence-electron chi connectivity index (χ3n) is 3.54. The van der Waals surface area contributed by atoms with E-state index in [0.717, 1.165) is 5.56 Å². The predicted molar refractivity (Wildman–Crippen MR) is 97.1 cm³/mol. The Morgan fingerprint density at radius 3 is 2.74 bits per heavy atom. The van der Waals surface area contributed by atoms with E-state index in [4.69, 9.17) is 10.6 Å². The Bertz CT molecular complexity index is 968. The number of non-ortho nitro benzene ring substituents is 1. The number of amidine groups is 1. The summed E-state index contributed by atoms with van der Waals surface area (Å²) in [7, 11) is 0. The summed E-state index contributed by atoms with van der Waals surface area (Å²) in [6, 6.07) is 13.6. The molecule has 0 atom stereocenters. The highest BCUT2D eigenvalue weighted by molar-refractivity contribution is 6.01. The van der Waals surface area contributed by atoms with Crippen LogP contribution in [0.2, 0.25) is 0 Å². The lowest BCUT2D eigenvalue weighted by atomic mass is 10.2. The van der Waals surface area contributed by atoms with Crippen LogP contribution in [-0.2, 0) is 11.4 Å². The summed E-state index contributed by atoms with van der Waals surface area (Å²) < 4.78 is 4.61. The monoisotopic (exact) mass is 368 g/mol. The molecule has 0 fully saturated rings. The van der Waals surface area contributed by atoms with Gasteiger partial charge in [0.1, 0.15) is 0 Å². The first-order valence-electron chi connectivity index (χ1n) is 7.88. The van der Waals surface area contributed by atoms with Gasteiger partial charge in [0.15, 0.2) is 17.3 Å². The molecule has 0 bridgehead atoms. The van der Waals surface area contributed by atoms with Crippen molar-refractivity contribution >= 4 is 23.0 Å². The van der Waals surface area contributed by atoms with Crippen LogP contribution in [0.25, 0.3) is 0 Å². The SMILES string of the molecule is Cc1ccc(N=C(NOCc2cccc([N+](=O)[O-])c2)c2nonc2N)cc1. The van der Waals surface area contributed by atoms with Gasteiger partial charge in [0, 0.05) is 12.1 Å². The van der Waals surface area contributed by atoms with Crippen LogP contribution in [0, 0.1) is 17.0 Å². The highest BCUT2D eigenvalue weighted by Crippen LogP contribution is 2.16. The fourth-order valence-electron chi connectivity index (χ4n) is 2.18. The van der Waals surface area contributed by atoms with Crippen LogP contribution in [0.5, 0.6) is 0 Å². The molecule has 10 nitrogen and oxygen atoms in total. The molecule has 0 aliphatic rings. The van der Waals surface area contributed by atoms with Crippen LogP contribution >= 0.6 is 0 Å². The summed E-state index contributed by atoms with van der Waals surface area (Å²) in [4.78, 5) is 20.2. The zero-order valence-electron chi connectivity index (χ0n) is 14.3. The molecule has 0 amide bonds. The van der Waals surface area contributed by atoms with Gasteiger partial charge in [0.25, 0.3) is 5.69 Å². The molecule has 0 aliphatic heterocycles. The molecule has 27 heavy (non-hydrogen) atoms. The van der Waals surface area contributed by atoms with Crippen LogP contribution in [0.1, 0.15) is 16.8 Å². The van der Waals surface area contributed by atoms with E-state index in [1.54, 1.807) is 12.1 Å². The first-order chi connectivity index (χ1) is 13.0. The van der Waals surface area contributed by atoms with Crippen LogP contribution in [0.3, 0.4) is 0 Å². The van der Waals surface area contributed by atoms with Gasteiger partial charge in [-0.2, -0.15) is 0 Å². The smallest absolute Gasteiger partial charge is 0.269 e. The number of hydrogen-bond donors (Lipinski definition) is 2. The van der Waals surface area contributed by atoms with Gasteiger partial charge in [-0.25, -0.2) is 15.1 Å². The molecule has 0 saturated heterocycles. The molecule has 3 rings (SSSR count). The number of nitro groups is 1. The molecule has 0 unspecified atom stereocenters. The minimum absolute atomic E-state index is 0.0189. The molecular formula is C17H16N6O4. The zero-order chi connectivity index (χ0) is 19.2. The number of anilines is 1. The Balaban J connectivity index is 1.76. The molecule has 3 aromatic rings. The molecule has 0 aliphatic carbocycles. The van der Waals surface area contributed by atoms with Gasteiger partial charge in [0.2, 0.25) is 0 Å². The molecule has 2 aromatic carbocycles. The summed E-state index contributed by atoms with van der Waals surface area (Å²) in [6.45, 7) is 2.02. The van der Waals surface area contributed by atoms with Crippen molar-refractivity contribution in [3.05, 3.63) is 75.5 Å². The number of nitrogens with one attached hydrogen (secondary N) is 1. The number of nitro benzene ring substituents is 1. The van der Waals surface area contributed by atoms with Crippen LogP contribution < -0.4 is 11.2 Å². The van der Waals surface area contributed by atoms with E-state index >= 15 is 0 Å². The van der Waals surface area contributed by atoms with Crippen molar-refractivity contribution in [1.29, 1.82) is 0 Å². The Labute approximate surface area is 153 Å². The largest absolute Gasteiger partial charge is 0.379 e. The molecule has 1 heterocycles. The lowest BCUT2D eigenvalue weighted by Gasteiger charge is -2.08. The quantitative estimate of drug-likeness (QED) is 0.293. The molecule has 0 saturated carbocycles. The summed E-state index contributed by atoms with van der Waals surface area (Å²) in [6.07, 6.45) is 0. The third kappa shape index (κ3) is 4.64. The van der Waals surface area contributed by atoms with Crippen molar-refractivity contribution in [2.24, 2.45) is 4.99 Å². The van der Waals surface area contributed by atoms with E-state index in [-0.39, 0.29) is 29.6 Å². The van der Waals surface area contributed by atoms with Gasteiger partial charge in [0.05, 0.1) is 17.2 Å². The van der Waals surface area contributed by atoms with Gasteiger partial charge in [-0.05, 0) is 34.9 Å². The Morgan fingerprint density at radius 2 is 2.07 bits per heavy atom. The topological polar surface area (TPSA) is 142 Å². The Morgan fingerprint density at radius 1 is 1.30 bits per heavy atom. The second kappa shape index (κ2) is 8.06. The van der Waals surface area contributed by atoms with Crippen molar-refractivity contribution in [3.8, 4) is 0 Å². The number of aromatic nitrogens is 2. The second-order valence-corrected chi connectivity index (χ2v) is 5.61. The van der Waals surface area contributed by atoms with E-state index in [1.165, 1.54) is 12.1 Å². The van der Waals surface area contributed by atoms with Gasteiger partial charge >= 0.3 is 0 Å². The highest BCUT2D eigenvalue weighted by atomic mass is 16.6. The normalized spacial score (nSPS) is 11.4. The van der Waals surface area contributed by atoms with Crippen molar-refractivity contribution in [2.45, 2.75) is 13.5 Å². The van der Waals surface area contributed by atoms with E-state index in [1.807, 2.05) is 31.2 Å². The second-order valence-electron chi connectivity index (χ2n) is 5.61. The maximum absolute atomic E-state index is 10.8. The summed E-state index contributed by atoms with van der Waals surface area (Å²) >= 11 is 0. The summed E-state index contributed by atoms with van der Waals surface area (Å²) in [5, 5.41) is 18.1. The van der Waals surface area contributed by atoms with Crippen molar-refractivity contribution in [3.63, 3.8) is 0 Å². The molecule has 0 radical (unpaired) electrons. The average molecular weight is 368 g/mol. The van der Waals surface area contributed by atoms with E-state index in [0.29, 0.717) is 11.3 Å². The van der Waals surface area contributed by atoms with E-state index < -0.39 is 4.92 Å². The molecule has 1 aromatic heterocycles. The number of hydrogen-bond acceptors (Lipinski definition) is 8. The molecular weight excluding hydrogens is 352 g/mol. The number of nitrogens with zero attached hydrogens (tertiary/aromatic N) is 4. The number of benzene rings is 2. The maximum atomic E-state index is 10.8. The molecule has 10 heteroatoms. The molecule has 3 N–H and O–H groups in total. The van der Waals surface area contributed by atoms with Crippen LogP contribution in [0.4, 0.5) is 17.2 Å². The van der Waals surface area contributed by atoms with Crippen LogP contribution in [0.15, 0.2) is 58.2 Å². The van der Waals surface area contributed by atoms with E-state index in [2.05, 4.69) is 25.4 Å². The minimum Gasteiger partial charge on any atom is -0.379 e. The van der Waals surface area contributed by atoms with Crippen molar-refractivity contribution < 1.29 is 14.4 Å². The third-order valence-corrected chi connectivity index (χ3v) is 3.54. The number of aliphatic imine (C=N–C) groups is 1. The minimum atomic E-state index is -0.469. The fraction of sp³-hybridized carbons (Fsp3) is 0.118. The van der Waals surface area contributed by atoms with Gasteiger partial charge in [-0.3, -0.25) is 15.0 Å². The standard InChI is InChI=1S/C17H16N6O4/c1-11-5-7-13(8-6-11)19-17(15-16(18)21-27-20-15)22-26-10-12-3-2-4-14(9-12)23(24)25/h2-9H,10H2,1H3,(H2,18,21)(H,19,22). The van der Waals surface area contributed by atoms with Gasteiger partial charge in [-0.15, -0.1) is 0 Å². The van der Waals surface area contributed by atoms with Gasteiger partial charge < -0.3 is 5.73 Å². The van der Waals surface area contributed by atoms with E-state index in [9.17, 15) is 10.1 Å². The predicted octanol–water partition coefficient (Wildman–Crippen LogP) is 2.67. The first-order valence-corrected chi connectivity index (χ1v) is 7.88. The van der Waals surface area contributed by atoms with Gasteiger partial charge in [-0.1, -0.05) is 29.8 Å². The summed E-state index contributed by atoms with van der Waals surface area (Å²) in [5.41, 5.74) is 10.9. The van der Waals surface area contributed by atoms with Crippen LogP contribution in [-0.4, -0.2) is 21.1 Å². The maximum Gasteiger partial charge on any atom is 0.269 e. The van der Waals surface area contributed by atoms with Crippen molar-refractivity contribution in [2.75, 3.05) is 5.73 Å². The molecule has 0 spiro atoms. The lowest BCUT2D eigenvalue weighted by Crippen LogP contribution is -2.26. The first kappa shape index (κ1) is 18.0. The number of rotatable bonds is 6. The number of aryl methyl sites for hydroxylation is 1. The number of nitrogen functional groups attached to an aromatic ring is 1.